The van der Waals surface area contributed by atoms with E-state index in [0.29, 0.717) is 12.1 Å². The molecule has 0 atom stereocenters. The van der Waals surface area contributed by atoms with Crippen LogP contribution in [-0.2, 0) is 6.54 Å². The predicted molar refractivity (Wildman–Crippen MR) is 95.1 cm³/mol. The summed E-state index contributed by atoms with van der Waals surface area (Å²) in [6.07, 6.45) is 3.46. The fraction of sp³-hybridized carbons (Fsp3) is 0.100. The maximum atomic E-state index is 13.0. The molecule has 0 saturated heterocycles. The second kappa shape index (κ2) is 6.02. The molecule has 2 aromatic heterocycles. The van der Waals surface area contributed by atoms with Gasteiger partial charge >= 0.3 is 0 Å². The van der Waals surface area contributed by atoms with Crippen molar-refractivity contribution in [1.82, 2.24) is 14.2 Å². The summed E-state index contributed by atoms with van der Waals surface area (Å²) in [6.45, 7) is 2.42. The molecule has 0 fully saturated rings. The smallest absolute Gasteiger partial charge is 0.276 e. The summed E-state index contributed by atoms with van der Waals surface area (Å²) < 4.78 is 16.2. The summed E-state index contributed by atoms with van der Waals surface area (Å²) in [5.41, 5.74) is 4.16. The molecule has 0 N–H and O–H groups in total. The minimum Gasteiger partial charge on any atom is -0.308 e. The van der Waals surface area contributed by atoms with Gasteiger partial charge in [0.2, 0.25) is 0 Å². The zero-order valence-electron chi connectivity index (χ0n) is 13.7. The molecule has 0 radical (unpaired) electrons. The quantitative estimate of drug-likeness (QED) is 0.574. The van der Waals surface area contributed by atoms with Crippen LogP contribution in [0.5, 0.6) is 0 Å². The van der Waals surface area contributed by atoms with Crippen molar-refractivity contribution in [1.29, 1.82) is 0 Å². The van der Waals surface area contributed by atoms with Crippen molar-refractivity contribution in [3.63, 3.8) is 0 Å². The molecule has 4 rings (SSSR count). The van der Waals surface area contributed by atoms with Crippen LogP contribution in [0.2, 0.25) is 0 Å². The number of hydrogen-bond acceptors (Lipinski definition) is 2. The molecular weight excluding hydrogens is 317 g/mol. The molecule has 0 aliphatic heterocycles. The van der Waals surface area contributed by atoms with Crippen LogP contribution in [-0.4, -0.2) is 14.2 Å². The number of hydrogen-bond donors (Lipinski definition) is 0. The third-order valence-corrected chi connectivity index (χ3v) is 4.22. The first kappa shape index (κ1) is 15.3. The Balaban J connectivity index is 1.73. The Morgan fingerprint density at radius 3 is 2.44 bits per heavy atom. The zero-order valence-corrected chi connectivity index (χ0v) is 13.7. The molecule has 0 aliphatic rings. The SMILES string of the molecule is Cc1ccc(-c2cc3c(=O)n(Cc4ccc(F)cc4)ccn3n2)cc1. The van der Waals surface area contributed by atoms with Gasteiger partial charge in [-0.25, -0.2) is 8.91 Å². The lowest BCUT2D eigenvalue weighted by Gasteiger charge is -2.06. The van der Waals surface area contributed by atoms with E-state index >= 15 is 0 Å². The number of fused-ring (bicyclic) bond motifs is 1. The molecule has 0 spiro atoms. The van der Waals surface area contributed by atoms with Crippen LogP contribution in [0.15, 0.2) is 71.8 Å². The second-order valence-corrected chi connectivity index (χ2v) is 6.08. The summed E-state index contributed by atoms with van der Waals surface area (Å²) in [5.74, 6) is -0.287. The van der Waals surface area contributed by atoms with Crippen molar-refractivity contribution in [2.45, 2.75) is 13.5 Å². The maximum Gasteiger partial charge on any atom is 0.276 e. The Labute approximate surface area is 143 Å². The third kappa shape index (κ3) is 2.96. The van der Waals surface area contributed by atoms with Crippen molar-refractivity contribution in [3.8, 4) is 11.3 Å². The van der Waals surface area contributed by atoms with Crippen molar-refractivity contribution >= 4 is 5.52 Å². The van der Waals surface area contributed by atoms with Gasteiger partial charge in [-0.2, -0.15) is 5.10 Å². The van der Waals surface area contributed by atoms with Gasteiger partial charge in [-0.3, -0.25) is 4.79 Å². The summed E-state index contributed by atoms with van der Waals surface area (Å²) in [4.78, 5) is 12.7. The van der Waals surface area contributed by atoms with Gasteiger partial charge in [-0.1, -0.05) is 42.0 Å². The van der Waals surface area contributed by atoms with Crippen LogP contribution < -0.4 is 5.56 Å². The Morgan fingerprint density at radius 2 is 1.72 bits per heavy atom. The van der Waals surface area contributed by atoms with Crippen LogP contribution in [0.4, 0.5) is 4.39 Å². The fourth-order valence-corrected chi connectivity index (χ4v) is 2.80. The van der Waals surface area contributed by atoms with Crippen molar-refractivity contribution in [3.05, 3.63) is 94.3 Å². The van der Waals surface area contributed by atoms with E-state index in [1.807, 2.05) is 31.2 Å². The van der Waals surface area contributed by atoms with Crippen molar-refractivity contribution in [2.24, 2.45) is 0 Å². The van der Waals surface area contributed by atoms with Gasteiger partial charge in [0, 0.05) is 18.0 Å². The average molecular weight is 333 g/mol. The van der Waals surface area contributed by atoms with E-state index in [1.54, 1.807) is 39.7 Å². The van der Waals surface area contributed by atoms with Gasteiger partial charge in [-0.15, -0.1) is 0 Å². The number of benzene rings is 2. The van der Waals surface area contributed by atoms with Crippen molar-refractivity contribution in [2.75, 3.05) is 0 Å². The standard InChI is InChI=1S/C20H16FN3O/c1-14-2-6-16(7-3-14)18-12-19-20(25)23(10-11-24(19)22-18)13-15-4-8-17(21)9-5-15/h2-12H,13H2,1H3. The van der Waals surface area contributed by atoms with Gasteiger partial charge < -0.3 is 4.57 Å². The molecule has 2 heterocycles. The molecular formula is C20H16FN3O. The molecule has 25 heavy (non-hydrogen) atoms. The summed E-state index contributed by atoms with van der Waals surface area (Å²) >= 11 is 0. The Kier molecular flexibility index (Phi) is 3.69. The first-order valence-corrected chi connectivity index (χ1v) is 8.00. The van der Waals surface area contributed by atoms with Gasteiger partial charge in [0.1, 0.15) is 11.3 Å². The molecule has 4 nitrogen and oxygen atoms in total. The minimum absolute atomic E-state index is 0.127. The number of halogens is 1. The molecule has 5 heteroatoms. The van der Waals surface area contributed by atoms with E-state index in [4.69, 9.17) is 0 Å². The fourth-order valence-electron chi connectivity index (χ4n) is 2.80. The first-order chi connectivity index (χ1) is 12.1. The first-order valence-electron chi connectivity index (χ1n) is 8.00. The molecule has 0 amide bonds. The molecule has 0 saturated carbocycles. The topological polar surface area (TPSA) is 39.3 Å². The Morgan fingerprint density at radius 1 is 1.00 bits per heavy atom. The maximum absolute atomic E-state index is 13.0. The third-order valence-electron chi connectivity index (χ3n) is 4.22. The Bertz CT molecular complexity index is 1090. The number of rotatable bonds is 3. The van der Waals surface area contributed by atoms with Crippen LogP contribution >= 0.6 is 0 Å². The van der Waals surface area contributed by atoms with Gasteiger partial charge in [0.15, 0.2) is 0 Å². The zero-order chi connectivity index (χ0) is 17.4. The van der Waals surface area contributed by atoms with Gasteiger partial charge in [0.05, 0.1) is 12.2 Å². The lowest BCUT2D eigenvalue weighted by molar-refractivity contribution is 0.626. The van der Waals surface area contributed by atoms with Gasteiger partial charge in [-0.05, 0) is 30.7 Å². The highest BCUT2D eigenvalue weighted by molar-refractivity contribution is 5.65. The van der Waals surface area contributed by atoms with Crippen LogP contribution in [0.3, 0.4) is 0 Å². The highest BCUT2D eigenvalue weighted by atomic mass is 19.1. The lowest BCUT2D eigenvalue weighted by Crippen LogP contribution is -2.21. The highest BCUT2D eigenvalue weighted by Crippen LogP contribution is 2.19. The van der Waals surface area contributed by atoms with E-state index in [2.05, 4.69) is 5.10 Å². The number of aryl methyl sites for hydroxylation is 1. The monoisotopic (exact) mass is 333 g/mol. The molecule has 0 aliphatic carbocycles. The minimum atomic E-state index is -0.287. The number of aromatic nitrogens is 3. The summed E-state index contributed by atoms with van der Waals surface area (Å²) in [6, 6.07) is 16.0. The van der Waals surface area contributed by atoms with E-state index in [-0.39, 0.29) is 11.4 Å². The second-order valence-electron chi connectivity index (χ2n) is 6.08. The average Bonchev–Trinajstić information content (AvgIpc) is 3.05. The molecule has 4 aromatic rings. The van der Waals surface area contributed by atoms with E-state index in [1.165, 1.54) is 17.7 Å². The normalized spacial score (nSPS) is 11.1. The predicted octanol–water partition coefficient (Wildman–Crippen LogP) is 3.66. The van der Waals surface area contributed by atoms with Gasteiger partial charge in [0.25, 0.3) is 5.56 Å². The van der Waals surface area contributed by atoms with Crippen molar-refractivity contribution < 1.29 is 4.39 Å². The van der Waals surface area contributed by atoms with Crippen LogP contribution in [0.1, 0.15) is 11.1 Å². The number of nitrogens with zero attached hydrogens (tertiary/aromatic N) is 3. The molecule has 2 aromatic carbocycles. The molecule has 0 bridgehead atoms. The van der Waals surface area contributed by atoms with Crippen LogP contribution in [0, 0.1) is 12.7 Å². The molecule has 0 unspecified atom stereocenters. The van der Waals surface area contributed by atoms with E-state index in [0.717, 1.165) is 16.8 Å². The largest absolute Gasteiger partial charge is 0.308 e. The van der Waals surface area contributed by atoms with E-state index < -0.39 is 0 Å². The highest BCUT2D eigenvalue weighted by Gasteiger charge is 2.09. The summed E-state index contributed by atoms with van der Waals surface area (Å²) in [5, 5.41) is 4.49. The molecule has 124 valence electrons. The van der Waals surface area contributed by atoms with Crippen LogP contribution in [0.25, 0.3) is 16.8 Å². The van der Waals surface area contributed by atoms with E-state index in [9.17, 15) is 9.18 Å². The summed E-state index contributed by atoms with van der Waals surface area (Å²) in [7, 11) is 0. The lowest BCUT2D eigenvalue weighted by atomic mass is 10.1. The Hall–Kier alpha value is -3.21.